The molecule has 0 radical (unpaired) electrons. The van der Waals surface area contributed by atoms with E-state index in [0.717, 1.165) is 0 Å². The first-order chi connectivity index (χ1) is 6.31. The van der Waals surface area contributed by atoms with Crippen LogP contribution in [-0.4, -0.2) is 12.6 Å². The first kappa shape index (κ1) is 8.57. The Bertz CT molecular complexity index is 296. The summed E-state index contributed by atoms with van der Waals surface area (Å²) in [5, 5.41) is 0. The Balaban J connectivity index is 2.20. The fraction of sp³-hybridized carbons (Fsp3) is 0.455. The number of nitrogens with two attached hydrogens (primary N) is 1. The van der Waals surface area contributed by atoms with E-state index >= 15 is 0 Å². The van der Waals surface area contributed by atoms with E-state index in [0.29, 0.717) is 12.6 Å². The van der Waals surface area contributed by atoms with Crippen molar-refractivity contribution in [1.82, 2.24) is 0 Å². The Labute approximate surface area is 79.4 Å². The van der Waals surface area contributed by atoms with Gasteiger partial charge < -0.3 is 10.6 Å². The van der Waals surface area contributed by atoms with Gasteiger partial charge in [-0.15, -0.1) is 0 Å². The van der Waals surface area contributed by atoms with Crippen molar-refractivity contribution in [2.75, 3.05) is 11.4 Å². The highest BCUT2D eigenvalue weighted by molar-refractivity contribution is 5.51. The normalized spacial score (nSPS) is 21.4. The molecule has 13 heavy (non-hydrogen) atoms. The molecule has 0 spiro atoms. The van der Waals surface area contributed by atoms with Crippen molar-refractivity contribution in [1.29, 1.82) is 0 Å². The van der Waals surface area contributed by atoms with Crippen LogP contribution in [0.2, 0.25) is 0 Å². The summed E-state index contributed by atoms with van der Waals surface area (Å²) in [6, 6.07) is 9.22. The molecule has 1 aliphatic rings. The second-order valence-corrected chi connectivity index (χ2v) is 3.71. The van der Waals surface area contributed by atoms with Gasteiger partial charge in [0.05, 0.1) is 0 Å². The molecule has 1 aromatic carbocycles. The molecule has 2 nitrogen and oxygen atoms in total. The summed E-state index contributed by atoms with van der Waals surface area (Å²) in [7, 11) is 0. The quantitative estimate of drug-likeness (QED) is 0.743. The van der Waals surface area contributed by atoms with E-state index in [9.17, 15) is 0 Å². The molecule has 1 heterocycles. The van der Waals surface area contributed by atoms with Gasteiger partial charge in [0, 0.05) is 24.8 Å². The molecule has 70 valence electrons. The van der Waals surface area contributed by atoms with Crippen molar-refractivity contribution < 1.29 is 0 Å². The summed E-state index contributed by atoms with van der Waals surface area (Å²) in [4.78, 5) is 2.42. The number of benzene rings is 1. The molecule has 1 fully saturated rings. The maximum Gasteiger partial charge on any atom is 0.0371 e. The highest BCUT2D eigenvalue weighted by atomic mass is 15.2. The fourth-order valence-corrected chi connectivity index (χ4v) is 1.76. The van der Waals surface area contributed by atoms with Crippen LogP contribution in [0.4, 0.5) is 5.69 Å². The van der Waals surface area contributed by atoms with Crippen LogP contribution in [0.25, 0.3) is 0 Å². The van der Waals surface area contributed by atoms with Crippen molar-refractivity contribution in [2.45, 2.75) is 25.9 Å². The molecule has 0 aromatic heterocycles. The zero-order valence-electron chi connectivity index (χ0n) is 8.03. The molecular formula is C11H16N2. The van der Waals surface area contributed by atoms with E-state index in [-0.39, 0.29) is 0 Å². The SMILES string of the molecule is CC1CCN1c1cccc(CN)c1. The van der Waals surface area contributed by atoms with Crippen molar-refractivity contribution in [3.05, 3.63) is 29.8 Å². The lowest BCUT2D eigenvalue weighted by molar-refractivity contribution is 0.481. The predicted octanol–water partition coefficient (Wildman–Crippen LogP) is 1.74. The van der Waals surface area contributed by atoms with Crippen LogP contribution < -0.4 is 10.6 Å². The third-order valence-corrected chi connectivity index (χ3v) is 2.80. The van der Waals surface area contributed by atoms with Gasteiger partial charge in [0.15, 0.2) is 0 Å². The topological polar surface area (TPSA) is 29.3 Å². The summed E-state index contributed by atoms with van der Waals surface area (Å²) in [5.74, 6) is 0. The number of rotatable bonds is 2. The fourth-order valence-electron chi connectivity index (χ4n) is 1.76. The van der Waals surface area contributed by atoms with Crippen LogP contribution in [0, 0.1) is 0 Å². The minimum Gasteiger partial charge on any atom is -0.369 e. The lowest BCUT2D eigenvalue weighted by Crippen LogP contribution is -2.45. The molecule has 1 aliphatic heterocycles. The van der Waals surface area contributed by atoms with Crippen molar-refractivity contribution in [3.63, 3.8) is 0 Å². The molecule has 0 bridgehead atoms. The molecule has 1 unspecified atom stereocenters. The molecule has 1 saturated heterocycles. The van der Waals surface area contributed by atoms with E-state index in [1.165, 1.54) is 24.2 Å². The first-order valence-corrected chi connectivity index (χ1v) is 4.87. The highest BCUT2D eigenvalue weighted by Gasteiger charge is 2.23. The Morgan fingerprint density at radius 3 is 2.92 bits per heavy atom. The average Bonchev–Trinajstić information content (AvgIpc) is 2.16. The second kappa shape index (κ2) is 3.38. The third kappa shape index (κ3) is 1.54. The van der Waals surface area contributed by atoms with E-state index in [4.69, 9.17) is 5.73 Å². The summed E-state index contributed by atoms with van der Waals surface area (Å²) in [6.07, 6.45) is 1.31. The minimum atomic E-state index is 0.635. The van der Waals surface area contributed by atoms with Crippen LogP contribution in [0.3, 0.4) is 0 Å². The van der Waals surface area contributed by atoms with Gasteiger partial charge in [0.2, 0.25) is 0 Å². The van der Waals surface area contributed by atoms with E-state index < -0.39 is 0 Å². The maximum atomic E-state index is 5.59. The summed E-state index contributed by atoms with van der Waals surface area (Å²) >= 11 is 0. The molecule has 1 atom stereocenters. The van der Waals surface area contributed by atoms with E-state index in [2.05, 4.69) is 36.1 Å². The highest BCUT2D eigenvalue weighted by Crippen LogP contribution is 2.26. The van der Waals surface area contributed by atoms with Crippen LogP contribution in [0.1, 0.15) is 18.9 Å². The van der Waals surface area contributed by atoms with Gasteiger partial charge in [0.1, 0.15) is 0 Å². The standard InChI is InChI=1S/C11H16N2/c1-9-5-6-13(9)11-4-2-3-10(7-11)8-12/h2-4,7,9H,5-6,8,12H2,1H3. The molecular weight excluding hydrogens is 160 g/mol. The smallest absolute Gasteiger partial charge is 0.0371 e. The van der Waals surface area contributed by atoms with Crippen LogP contribution in [-0.2, 0) is 6.54 Å². The van der Waals surface area contributed by atoms with E-state index in [1.54, 1.807) is 0 Å². The van der Waals surface area contributed by atoms with Gasteiger partial charge in [-0.2, -0.15) is 0 Å². The van der Waals surface area contributed by atoms with Crippen LogP contribution in [0.15, 0.2) is 24.3 Å². The maximum absolute atomic E-state index is 5.59. The molecule has 0 amide bonds. The Morgan fingerprint density at radius 1 is 1.54 bits per heavy atom. The zero-order chi connectivity index (χ0) is 9.26. The Hall–Kier alpha value is -1.02. The van der Waals surface area contributed by atoms with Gasteiger partial charge in [-0.05, 0) is 31.0 Å². The van der Waals surface area contributed by atoms with E-state index in [1.807, 2.05) is 0 Å². The lowest BCUT2D eigenvalue weighted by atomic mass is 10.0. The Kier molecular flexibility index (Phi) is 2.23. The van der Waals surface area contributed by atoms with Crippen LogP contribution in [0.5, 0.6) is 0 Å². The van der Waals surface area contributed by atoms with Crippen molar-refractivity contribution >= 4 is 5.69 Å². The number of hydrogen-bond donors (Lipinski definition) is 1. The van der Waals surface area contributed by atoms with Gasteiger partial charge in [0.25, 0.3) is 0 Å². The monoisotopic (exact) mass is 176 g/mol. The lowest BCUT2D eigenvalue weighted by Gasteiger charge is -2.41. The summed E-state index contributed by atoms with van der Waals surface area (Å²) in [6.45, 7) is 4.09. The van der Waals surface area contributed by atoms with Gasteiger partial charge >= 0.3 is 0 Å². The molecule has 2 N–H and O–H groups in total. The number of nitrogens with zero attached hydrogens (tertiary/aromatic N) is 1. The zero-order valence-corrected chi connectivity index (χ0v) is 8.03. The summed E-state index contributed by atoms with van der Waals surface area (Å²) in [5.41, 5.74) is 8.13. The molecule has 0 aliphatic carbocycles. The minimum absolute atomic E-state index is 0.635. The predicted molar refractivity (Wildman–Crippen MR) is 55.8 cm³/mol. The van der Waals surface area contributed by atoms with Gasteiger partial charge in [-0.25, -0.2) is 0 Å². The Morgan fingerprint density at radius 2 is 2.38 bits per heavy atom. The molecule has 1 aromatic rings. The molecule has 2 rings (SSSR count). The third-order valence-electron chi connectivity index (χ3n) is 2.80. The van der Waals surface area contributed by atoms with Crippen molar-refractivity contribution in [2.24, 2.45) is 5.73 Å². The first-order valence-electron chi connectivity index (χ1n) is 4.87. The largest absolute Gasteiger partial charge is 0.369 e. The number of anilines is 1. The average molecular weight is 176 g/mol. The molecule has 0 saturated carbocycles. The van der Waals surface area contributed by atoms with Gasteiger partial charge in [-0.3, -0.25) is 0 Å². The van der Waals surface area contributed by atoms with Gasteiger partial charge in [-0.1, -0.05) is 12.1 Å². The van der Waals surface area contributed by atoms with Crippen molar-refractivity contribution in [3.8, 4) is 0 Å². The molecule has 2 heteroatoms. The second-order valence-electron chi connectivity index (χ2n) is 3.71. The summed E-state index contributed by atoms with van der Waals surface area (Å²) < 4.78 is 0. The number of hydrogen-bond acceptors (Lipinski definition) is 2. The van der Waals surface area contributed by atoms with Crippen LogP contribution >= 0.6 is 0 Å².